The molecule has 0 aliphatic carbocycles. The van der Waals surface area contributed by atoms with Gasteiger partial charge < -0.3 is 4.74 Å². The number of ether oxygens (including phenoxy) is 1. The third kappa shape index (κ3) is 2.53. The quantitative estimate of drug-likeness (QED) is 0.830. The minimum atomic E-state index is -0.738. The fourth-order valence-corrected chi connectivity index (χ4v) is 2.29. The van der Waals surface area contributed by atoms with E-state index in [1.54, 1.807) is 0 Å². The van der Waals surface area contributed by atoms with Gasteiger partial charge in [-0.1, -0.05) is 23.7 Å². The maximum atomic E-state index is 14.5. The molecule has 0 unspecified atom stereocenters. The summed E-state index contributed by atoms with van der Waals surface area (Å²) in [4.78, 5) is 11.6. The Kier molecular flexibility index (Phi) is 3.77. The normalized spacial score (nSPS) is 14.1. The summed E-state index contributed by atoms with van der Waals surface area (Å²) in [5.74, 6) is -1.14. The number of hydrogen-bond donors (Lipinski definition) is 0. The first-order valence-corrected chi connectivity index (χ1v) is 6.69. The van der Waals surface area contributed by atoms with Gasteiger partial charge in [0.1, 0.15) is 17.4 Å². The van der Waals surface area contributed by atoms with Crippen molar-refractivity contribution in [2.45, 2.75) is 0 Å². The van der Waals surface area contributed by atoms with Gasteiger partial charge in [0.25, 0.3) is 0 Å². The molecule has 2 aromatic carbocycles. The molecule has 7 heteroatoms. The Morgan fingerprint density at radius 3 is 2.55 bits per heavy atom. The molecule has 0 saturated carbocycles. The third-order valence-corrected chi connectivity index (χ3v) is 3.46. The average molecular weight is 323 g/mol. The van der Waals surface area contributed by atoms with Crippen LogP contribution in [0.3, 0.4) is 0 Å². The summed E-state index contributed by atoms with van der Waals surface area (Å²) >= 11 is 6.01. The predicted molar refractivity (Wildman–Crippen MR) is 79.1 cm³/mol. The molecule has 1 amide bonds. The fourth-order valence-electron chi connectivity index (χ4n) is 2.05. The van der Waals surface area contributed by atoms with Crippen LogP contribution in [0.5, 0.6) is 0 Å². The van der Waals surface area contributed by atoms with E-state index in [0.29, 0.717) is 5.56 Å². The minimum absolute atomic E-state index is 0.0586. The van der Waals surface area contributed by atoms with Gasteiger partial charge in [0.2, 0.25) is 0 Å². The monoisotopic (exact) mass is 322 g/mol. The number of halogens is 3. The summed E-state index contributed by atoms with van der Waals surface area (Å²) in [7, 11) is 0. The van der Waals surface area contributed by atoms with Gasteiger partial charge in [-0.25, -0.2) is 13.6 Å². The SMILES string of the molecule is O=C1OCC=NN1c1ccc(-c2ccc(F)cc2)c(F)c1Cl. The molecule has 0 saturated heterocycles. The molecular weight excluding hydrogens is 314 g/mol. The van der Waals surface area contributed by atoms with E-state index in [1.807, 2.05) is 0 Å². The molecule has 0 fully saturated rings. The van der Waals surface area contributed by atoms with Crippen LogP contribution in [-0.2, 0) is 4.74 Å². The second kappa shape index (κ2) is 5.73. The third-order valence-electron chi connectivity index (χ3n) is 3.10. The van der Waals surface area contributed by atoms with Gasteiger partial charge in [-0.15, -0.1) is 0 Å². The van der Waals surface area contributed by atoms with E-state index in [-0.39, 0.29) is 22.9 Å². The Hall–Kier alpha value is -2.47. The summed E-state index contributed by atoms with van der Waals surface area (Å²) in [5.41, 5.74) is 0.742. The minimum Gasteiger partial charge on any atom is -0.442 e. The van der Waals surface area contributed by atoms with Gasteiger partial charge in [-0.3, -0.25) is 0 Å². The van der Waals surface area contributed by atoms with Crippen LogP contribution in [0.2, 0.25) is 5.02 Å². The Morgan fingerprint density at radius 2 is 1.86 bits per heavy atom. The van der Waals surface area contributed by atoms with Gasteiger partial charge in [0, 0.05) is 5.56 Å². The maximum Gasteiger partial charge on any atom is 0.435 e. The largest absolute Gasteiger partial charge is 0.442 e. The van der Waals surface area contributed by atoms with E-state index < -0.39 is 17.7 Å². The smallest absolute Gasteiger partial charge is 0.435 e. The lowest BCUT2D eigenvalue weighted by atomic mass is 10.0. The summed E-state index contributed by atoms with van der Waals surface area (Å²) in [6.07, 6.45) is 0.627. The molecule has 1 aliphatic heterocycles. The first kappa shape index (κ1) is 14.5. The number of carbonyl (C=O) groups is 1. The van der Waals surface area contributed by atoms with Crippen LogP contribution < -0.4 is 5.01 Å². The van der Waals surface area contributed by atoms with Crippen molar-refractivity contribution in [2.24, 2.45) is 5.10 Å². The molecule has 1 heterocycles. The van der Waals surface area contributed by atoms with Crippen molar-refractivity contribution < 1.29 is 18.3 Å². The molecule has 4 nitrogen and oxygen atoms in total. The van der Waals surface area contributed by atoms with E-state index >= 15 is 0 Å². The number of amides is 1. The number of carbonyl (C=O) groups excluding carboxylic acids is 1. The lowest BCUT2D eigenvalue weighted by Crippen LogP contribution is -2.31. The number of anilines is 1. The second-order valence-corrected chi connectivity index (χ2v) is 4.83. The van der Waals surface area contributed by atoms with E-state index in [9.17, 15) is 13.6 Å². The van der Waals surface area contributed by atoms with Crippen molar-refractivity contribution in [3.63, 3.8) is 0 Å². The van der Waals surface area contributed by atoms with Crippen LogP contribution in [0.4, 0.5) is 19.3 Å². The number of hydrazone groups is 1. The maximum absolute atomic E-state index is 14.5. The van der Waals surface area contributed by atoms with Crippen molar-refractivity contribution in [1.29, 1.82) is 0 Å². The highest BCUT2D eigenvalue weighted by atomic mass is 35.5. The van der Waals surface area contributed by atoms with Gasteiger partial charge in [0.15, 0.2) is 5.82 Å². The van der Waals surface area contributed by atoms with Crippen LogP contribution in [0.25, 0.3) is 11.1 Å². The first-order valence-electron chi connectivity index (χ1n) is 6.31. The van der Waals surface area contributed by atoms with Gasteiger partial charge in [0.05, 0.1) is 11.9 Å². The van der Waals surface area contributed by atoms with Crippen molar-refractivity contribution in [3.05, 3.63) is 53.1 Å². The van der Waals surface area contributed by atoms with E-state index in [4.69, 9.17) is 16.3 Å². The molecule has 0 N–H and O–H groups in total. The molecule has 0 aromatic heterocycles. The Morgan fingerprint density at radius 1 is 1.14 bits per heavy atom. The Labute approximate surface area is 129 Å². The van der Waals surface area contributed by atoms with E-state index in [0.717, 1.165) is 5.01 Å². The zero-order valence-corrected chi connectivity index (χ0v) is 11.8. The zero-order chi connectivity index (χ0) is 15.7. The van der Waals surface area contributed by atoms with E-state index in [2.05, 4.69) is 5.10 Å². The second-order valence-electron chi connectivity index (χ2n) is 4.45. The van der Waals surface area contributed by atoms with Crippen LogP contribution >= 0.6 is 11.6 Å². The number of cyclic esters (lactones) is 1. The lowest BCUT2D eigenvalue weighted by molar-refractivity contribution is 0.167. The number of rotatable bonds is 2. The van der Waals surface area contributed by atoms with Crippen molar-refractivity contribution in [2.75, 3.05) is 11.6 Å². The molecule has 112 valence electrons. The van der Waals surface area contributed by atoms with Gasteiger partial charge >= 0.3 is 6.09 Å². The van der Waals surface area contributed by atoms with E-state index in [1.165, 1.54) is 42.6 Å². The lowest BCUT2D eigenvalue weighted by Gasteiger charge is -2.21. The van der Waals surface area contributed by atoms with Crippen LogP contribution in [0.15, 0.2) is 41.5 Å². The molecule has 2 aromatic rings. The molecule has 3 rings (SSSR count). The van der Waals surface area contributed by atoms with Crippen LogP contribution in [0.1, 0.15) is 0 Å². The predicted octanol–water partition coefficient (Wildman–Crippen LogP) is 4.23. The average Bonchev–Trinajstić information content (AvgIpc) is 2.52. The zero-order valence-electron chi connectivity index (χ0n) is 11.1. The van der Waals surface area contributed by atoms with Gasteiger partial charge in [-0.05, 0) is 29.8 Å². The number of hydrogen-bond acceptors (Lipinski definition) is 3. The standard InChI is InChI=1S/C15H9ClF2N2O2/c16-13-12(20-15(21)22-8-7-19-20)6-5-11(14(13)18)9-1-3-10(17)4-2-9/h1-7H,8H2. The first-order chi connectivity index (χ1) is 10.6. The highest BCUT2D eigenvalue weighted by molar-refractivity contribution is 6.34. The number of nitrogens with zero attached hydrogens (tertiary/aromatic N) is 2. The molecule has 22 heavy (non-hydrogen) atoms. The Balaban J connectivity index is 2.05. The molecule has 1 aliphatic rings. The molecule has 0 spiro atoms. The van der Waals surface area contributed by atoms with Crippen LogP contribution in [-0.4, -0.2) is 18.9 Å². The van der Waals surface area contributed by atoms with Crippen molar-refractivity contribution >= 4 is 29.6 Å². The molecule has 0 bridgehead atoms. The molecule has 0 radical (unpaired) electrons. The summed E-state index contributed by atoms with van der Waals surface area (Å²) in [6, 6.07) is 8.23. The fraction of sp³-hybridized carbons (Fsp3) is 0.0667. The molecular formula is C15H9ClF2N2O2. The van der Waals surface area contributed by atoms with Crippen molar-refractivity contribution in [3.8, 4) is 11.1 Å². The topological polar surface area (TPSA) is 41.9 Å². The van der Waals surface area contributed by atoms with Gasteiger partial charge in [-0.2, -0.15) is 10.1 Å². The highest BCUT2D eigenvalue weighted by Crippen LogP contribution is 2.35. The molecule has 0 atom stereocenters. The Bertz CT molecular complexity index is 763. The van der Waals surface area contributed by atoms with Crippen LogP contribution in [0, 0.1) is 11.6 Å². The summed E-state index contributed by atoms with van der Waals surface area (Å²) in [6.45, 7) is 0.0586. The summed E-state index contributed by atoms with van der Waals surface area (Å²) in [5, 5.41) is 4.44. The number of benzene rings is 2. The highest BCUT2D eigenvalue weighted by Gasteiger charge is 2.24. The van der Waals surface area contributed by atoms with Crippen molar-refractivity contribution in [1.82, 2.24) is 0 Å². The summed E-state index contributed by atoms with van der Waals surface area (Å²) < 4.78 is 32.2.